The average molecular weight is 836 g/mol. The molecule has 0 radical (unpaired) electrons. The van der Waals surface area contributed by atoms with Gasteiger partial charge in [0.15, 0.2) is 23.5 Å². The molecule has 7 atom stereocenters. The van der Waals surface area contributed by atoms with Crippen LogP contribution in [0.5, 0.6) is 0 Å². The predicted octanol–water partition coefficient (Wildman–Crippen LogP) is 1.58. The van der Waals surface area contributed by atoms with Gasteiger partial charge in [0.05, 0.1) is 19.5 Å². The highest BCUT2D eigenvalue weighted by Crippen LogP contribution is 2.61. The van der Waals surface area contributed by atoms with Crippen molar-refractivity contribution >= 4 is 69.6 Å². The number of thioether (sulfide) groups is 1. The van der Waals surface area contributed by atoms with Crippen LogP contribution in [-0.2, 0) is 50.7 Å². The van der Waals surface area contributed by atoms with Gasteiger partial charge >= 0.3 is 23.5 Å². The van der Waals surface area contributed by atoms with Gasteiger partial charge in [0.1, 0.15) is 47.8 Å². The zero-order valence-corrected chi connectivity index (χ0v) is 32.4. The summed E-state index contributed by atoms with van der Waals surface area (Å²) in [6, 6.07) is 0. The second kappa shape index (κ2) is 19.2. The quantitative estimate of drug-likeness (QED) is 0.0583. The summed E-state index contributed by atoms with van der Waals surface area (Å²) in [6.07, 6.45) is -5.05. The summed E-state index contributed by atoms with van der Waals surface area (Å²) < 4.78 is 62.1. The van der Waals surface area contributed by atoms with Crippen molar-refractivity contribution in [1.29, 1.82) is 0 Å². The fourth-order valence-corrected chi connectivity index (χ4v) is 8.76. The van der Waals surface area contributed by atoms with Gasteiger partial charge in [-0.25, -0.2) is 28.6 Å². The third kappa shape index (κ3) is 14.2. The van der Waals surface area contributed by atoms with Gasteiger partial charge in [-0.3, -0.25) is 32.5 Å². The van der Waals surface area contributed by atoms with Gasteiger partial charge in [0.25, 0.3) is 0 Å². The van der Waals surface area contributed by atoms with Gasteiger partial charge in [-0.05, 0) is 25.5 Å². The van der Waals surface area contributed by atoms with Crippen LogP contribution < -0.4 is 5.73 Å². The second-order valence-electron chi connectivity index (χ2n) is 12.7. The van der Waals surface area contributed by atoms with E-state index in [-0.39, 0.29) is 47.8 Å². The molecule has 26 heteroatoms. The first-order valence-corrected chi connectivity index (χ1v) is 21.7. The molecule has 0 bridgehead atoms. The highest BCUT2D eigenvalue weighted by molar-refractivity contribution is 7.99. The van der Waals surface area contributed by atoms with Gasteiger partial charge in [-0.15, -0.1) is 0 Å². The number of nitrogen functional groups attached to an aromatic ring is 1. The van der Waals surface area contributed by atoms with Crippen molar-refractivity contribution in [3.8, 4) is 0 Å². The maximum absolute atomic E-state index is 12.7. The summed E-state index contributed by atoms with van der Waals surface area (Å²) >= 11 is 1.57. The van der Waals surface area contributed by atoms with Crippen molar-refractivity contribution in [2.45, 2.75) is 89.9 Å². The summed E-state index contributed by atoms with van der Waals surface area (Å²) in [4.78, 5) is 86.6. The first-order chi connectivity index (χ1) is 24.5. The Morgan fingerprint density at radius 1 is 1.00 bits per heavy atom. The number of nitrogens with two attached hydrogens (primary N) is 1. The van der Waals surface area contributed by atoms with E-state index in [9.17, 15) is 57.9 Å². The van der Waals surface area contributed by atoms with Crippen molar-refractivity contribution in [2.24, 2.45) is 5.41 Å². The fraction of sp³-hybridized carbons (Fsp3) is 0.704. The summed E-state index contributed by atoms with van der Waals surface area (Å²) in [6.45, 7) is 2.19. The number of carbonyl (C=O) groups is 3. The predicted molar refractivity (Wildman–Crippen MR) is 185 cm³/mol. The lowest BCUT2D eigenvalue weighted by Gasteiger charge is -2.30. The number of nitrogens with zero attached hydrogens (tertiary/aromatic N) is 4. The van der Waals surface area contributed by atoms with Gasteiger partial charge < -0.3 is 40.3 Å². The van der Waals surface area contributed by atoms with Crippen molar-refractivity contribution in [2.75, 3.05) is 30.5 Å². The number of phosphoric ester groups is 3. The van der Waals surface area contributed by atoms with Crippen LogP contribution in [0.15, 0.2) is 12.7 Å². The number of rotatable bonds is 24. The number of anilines is 1. The molecule has 0 aliphatic carbocycles. The van der Waals surface area contributed by atoms with E-state index < -0.39 is 78.5 Å². The number of Topliss-reactive ketones (excluding diaryl/α,β-unsaturated/α-hetero) is 3. The zero-order valence-electron chi connectivity index (χ0n) is 28.9. The Morgan fingerprint density at radius 3 is 2.32 bits per heavy atom. The van der Waals surface area contributed by atoms with E-state index >= 15 is 0 Å². The molecule has 22 nitrogen and oxygen atoms in total. The number of aromatic nitrogens is 4. The molecule has 1 aliphatic rings. The van der Waals surface area contributed by atoms with Crippen LogP contribution in [0.3, 0.4) is 0 Å². The summed E-state index contributed by atoms with van der Waals surface area (Å²) in [5, 5.41) is 21.5. The van der Waals surface area contributed by atoms with Crippen molar-refractivity contribution in [3.05, 3.63) is 12.7 Å². The molecule has 2 unspecified atom stereocenters. The molecular weight excluding hydrogens is 791 g/mol. The van der Waals surface area contributed by atoms with E-state index in [1.807, 2.05) is 0 Å². The minimum absolute atomic E-state index is 0.0352. The van der Waals surface area contributed by atoms with E-state index in [2.05, 4.69) is 23.8 Å². The molecule has 3 rings (SSSR count). The molecule has 3 heterocycles. The maximum Gasteiger partial charge on any atom is 0.481 e. The lowest BCUT2D eigenvalue weighted by atomic mass is 9.84. The Hall–Kier alpha value is -2.04. The van der Waals surface area contributed by atoms with E-state index in [1.54, 1.807) is 11.8 Å². The molecule has 0 spiro atoms. The Labute approximate surface area is 307 Å². The Balaban J connectivity index is 1.51. The Morgan fingerprint density at radius 2 is 1.66 bits per heavy atom. The lowest BCUT2D eigenvalue weighted by Crippen LogP contribution is -2.39. The van der Waals surface area contributed by atoms with Crippen LogP contribution in [0.2, 0.25) is 0 Å². The Kier molecular flexibility index (Phi) is 16.4. The number of fused-ring (bicyclic) bond motifs is 1. The van der Waals surface area contributed by atoms with E-state index in [0.717, 1.165) is 17.2 Å². The first kappa shape index (κ1) is 45.4. The van der Waals surface area contributed by atoms with Gasteiger partial charge in [0.2, 0.25) is 0 Å². The van der Waals surface area contributed by atoms with Crippen LogP contribution in [-0.4, -0.2) is 116 Å². The van der Waals surface area contributed by atoms with E-state index in [4.69, 9.17) is 19.5 Å². The normalized spacial score (nSPS) is 22.4. The van der Waals surface area contributed by atoms with Crippen LogP contribution in [0, 0.1) is 5.41 Å². The molecule has 0 amide bonds. The molecule has 2 aromatic rings. The zero-order chi connectivity index (χ0) is 39.8. The molecule has 1 saturated heterocycles. The molecule has 0 saturated carbocycles. The number of carbonyl (C=O) groups excluding carboxylic acids is 3. The SMILES string of the molecule is CC(=O)CCSCCCC(=O)CCCC(=O)[C@H](O)C(C)(C)COP(=O)(O)OP(=O)(O)OC[C@H]1O[C@@H](n2cnc3c(N)ncnc32)[C@H](O)[C@@H]1OP(=O)(O)O. The van der Waals surface area contributed by atoms with Gasteiger partial charge in [-0.1, -0.05) is 13.8 Å². The summed E-state index contributed by atoms with van der Waals surface area (Å²) in [7, 11) is -16.3. The molecule has 53 heavy (non-hydrogen) atoms. The summed E-state index contributed by atoms with van der Waals surface area (Å²) in [5.74, 6) is 0.713. The highest BCUT2D eigenvalue weighted by Gasteiger charge is 2.50. The summed E-state index contributed by atoms with van der Waals surface area (Å²) in [5.41, 5.74) is 4.37. The van der Waals surface area contributed by atoms with Crippen molar-refractivity contribution < 1.29 is 80.5 Å². The van der Waals surface area contributed by atoms with Crippen LogP contribution in [0.1, 0.15) is 65.5 Å². The number of phosphoric acid groups is 3. The number of hydrogen-bond donors (Lipinski definition) is 7. The third-order valence-corrected chi connectivity index (χ3v) is 11.9. The monoisotopic (exact) mass is 835 g/mol. The molecule has 300 valence electrons. The topological polar surface area (TPSA) is 340 Å². The third-order valence-electron chi connectivity index (χ3n) is 7.70. The molecule has 2 aromatic heterocycles. The standard InChI is InChI=1S/C27H44N5O17P3S/c1-16(33)9-11-53-10-5-7-17(34)6-4-8-18(35)23(37)27(2,3)13-46-52(43,44)49-51(41,42)45-12-19-22(48-50(38,39)40)21(36)26(47-19)32-15-31-20-24(28)29-14-30-25(20)32/h14-15,19,21-23,26,36-37H,4-13H2,1-3H3,(H,41,42)(H,43,44)(H2,28,29,30)(H2,38,39,40)/t19-,21-,22-,23+,26-/m1/s1. The van der Waals surface area contributed by atoms with Crippen LogP contribution in [0.25, 0.3) is 11.2 Å². The van der Waals surface area contributed by atoms with Crippen molar-refractivity contribution in [1.82, 2.24) is 19.5 Å². The minimum Gasteiger partial charge on any atom is -0.386 e. The first-order valence-electron chi connectivity index (χ1n) is 16.0. The molecule has 8 N–H and O–H groups in total. The maximum atomic E-state index is 12.7. The average Bonchev–Trinajstić information content (AvgIpc) is 3.60. The minimum atomic E-state index is -5.54. The Bertz CT molecular complexity index is 1740. The molecule has 1 fully saturated rings. The van der Waals surface area contributed by atoms with E-state index in [0.29, 0.717) is 30.8 Å². The number of ether oxygens (including phenoxy) is 1. The van der Waals surface area contributed by atoms with Gasteiger partial charge in [0, 0.05) is 36.9 Å². The number of ketones is 3. The lowest BCUT2D eigenvalue weighted by molar-refractivity contribution is -0.134. The number of imidazole rings is 1. The fourth-order valence-electron chi connectivity index (χ4n) is 4.95. The number of aliphatic hydroxyl groups is 2. The highest BCUT2D eigenvalue weighted by atomic mass is 32.2. The smallest absolute Gasteiger partial charge is 0.386 e. The molecular formula is C27H44N5O17P3S. The van der Waals surface area contributed by atoms with Gasteiger partial charge in [-0.2, -0.15) is 16.1 Å². The van der Waals surface area contributed by atoms with E-state index in [1.165, 1.54) is 20.8 Å². The number of aliphatic hydroxyl groups excluding tert-OH is 2. The van der Waals surface area contributed by atoms with Crippen molar-refractivity contribution in [3.63, 3.8) is 0 Å². The molecule has 0 aromatic carbocycles. The largest absolute Gasteiger partial charge is 0.481 e. The van der Waals surface area contributed by atoms with Crippen LogP contribution in [0.4, 0.5) is 5.82 Å². The second-order valence-corrected chi connectivity index (χ2v) is 18.2. The van der Waals surface area contributed by atoms with Crippen LogP contribution >= 0.6 is 35.2 Å². The number of hydrogen-bond acceptors (Lipinski definition) is 18. The molecule has 1 aliphatic heterocycles.